The summed E-state index contributed by atoms with van der Waals surface area (Å²) in [6.07, 6.45) is 1.09. The fourth-order valence-electron chi connectivity index (χ4n) is 1.91. The van der Waals surface area contributed by atoms with Gasteiger partial charge in [-0.05, 0) is 40.5 Å². The van der Waals surface area contributed by atoms with Gasteiger partial charge in [-0.3, -0.25) is 4.68 Å². The predicted octanol–water partition coefficient (Wildman–Crippen LogP) is 3.42. The maximum atomic E-state index is 13.7. The van der Waals surface area contributed by atoms with Crippen LogP contribution in [0.4, 0.5) is 8.78 Å². The number of aliphatic hydroxyl groups excluding tert-OH is 1. The summed E-state index contributed by atoms with van der Waals surface area (Å²) in [6, 6.07) is 3.02. The van der Waals surface area contributed by atoms with Gasteiger partial charge >= 0.3 is 0 Å². The van der Waals surface area contributed by atoms with Gasteiger partial charge in [0.25, 0.3) is 0 Å². The smallest absolute Gasteiger partial charge is 0.129 e. The van der Waals surface area contributed by atoms with Crippen LogP contribution < -0.4 is 0 Å². The molecule has 1 heterocycles. The maximum absolute atomic E-state index is 13.7. The van der Waals surface area contributed by atoms with Gasteiger partial charge < -0.3 is 5.11 Å². The third-order valence-corrected chi connectivity index (χ3v) is 3.39. The first-order chi connectivity index (χ1) is 9.04. The molecular weight excluding hydrogens is 318 g/mol. The maximum Gasteiger partial charge on any atom is 0.129 e. The number of aliphatic hydroxyl groups is 1. The van der Waals surface area contributed by atoms with Gasteiger partial charge in [0.2, 0.25) is 0 Å². The number of halogens is 3. The largest absolute Gasteiger partial charge is 0.382 e. The van der Waals surface area contributed by atoms with Crippen molar-refractivity contribution in [3.05, 3.63) is 51.8 Å². The van der Waals surface area contributed by atoms with E-state index in [1.54, 1.807) is 4.68 Å². The third kappa shape index (κ3) is 2.84. The second-order valence-electron chi connectivity index (χ2n) is 4.17. The van der Waals surface area contributed by atoms with E-state index in [0.717, 1.165) is 24.6 Å². The summed E-state index contributed by atoms with van der Waals surface area (Å²) in [4.78, 5) is 0. The average molecular weight is 331 g/mol. The zero-order chi connectivity index (χ0) is 14.0. The first-order valence-corrected chi connectivity index (χ1v) is 6.68. The second-order valence-corrected chi connectivity index (χ2v) is 5.02. The molecule has 3 nitrogen and oxygen atoms in total. The molecule has 0 fully saturated rings. The van der Waals surface area contributed by atoms with Crippen molar-refractivity contribution in [3.63, 3.8) is 0 Å². The lowest BCUT2D eigenvalue weighted by Gasteiger charge is -2.15. The van der Waals surface area contributed by atoms with Crippen molar-refractivity contribution in [2.24, 2.45) is 0 Å². The first-order valence-electron chi connectivity index (χ1n) is 5.88. The molecule has 0 aliphatic carbocycles. The van der Waals surface area contributed by atoms with Gasteiger partial charge in [-0.15, -0.1) is 0 Å². The molecule has 2 rings (SSSR count). The first kappa shape index (κ1) is 14.1. The molecule has 1 atom stereocenters. The summed E-state index contributed by atoms with van der Waals surface area (Å²) >= 11 is 3.27. The van der Waals surface area contributed by atoms with Gasteiger partial charge in [0, 0.05) is 12.1 Å². The minimum atomic E-state index is -1.26. The molecule has 0 saturated heterocycles. The molecule has 6 heteroatoms. The Morgan fingerprint density at radius 2 is 2.16 bits per heavy atom. The van der Waals surface area contributed by atoms with Gasteiger partial charge in [-0.1, -0.05) is 6.92 Å². The Morgan fingerprint density at radius 1 is 1.42 bits per heavy atom. The summed E-state index contributed by atoms with van der Waals surface area (Å²) in [6.45, 7) is 2.56. The van der Waals surface area contributed by atoms with Gasteiger partial charge in [-0.2, -0.15) is 5.10 Å². The van der Waals surface area contributed by atoms with Gasteiger partial charge in [0.1, 0.15) is 17.7 Å². The van der Waals surface area contributed by atoms with Crippen molar-refractivity contribution in [1.82, 2.24) is 9.78 Å². The Morgan fingerprint density at radius 3 is 2.84 bits per heavy atom. The summed E-state index contributed by atoms with van der Waals surface area (Å²) in [7, 11) is 0. The molecule has 0 bridgehead atoms. The van der Waals surface area contributed by atoms with Crippen LogP contribution in [0.15, 0.2) is 28.9 Å². The van der Waals surface area contributed by atoms with Crippen LogP contribution in [0, 0.1) is 11.6 Å². The minimum absolute atomic E-state index is 0.0986. The van der Waals surface area contributed by atoms with Crippen LogP contribution in [-0.4, -0.2) is 14.9 Å². The molecule has 0 saturated carbocycles. The molecule has 1 aromatic carbocycles. The zero-order valence-corrected chi connectivity index (χ0v) is 11.9. The third-order valence-electron chi connectivity index (χ3n) is 2.78. The summed E-state index contributed by atoms with van der Waals surface area (Å²) < 4.78 is 29.0. The fraction of sp³-hybridized carbons (Fsp3) is 0.308. The molecule has 1 aromatic heterocycles. The van der Waals surface area contributed by atoms with Crippen LogP contribution in [0.25, 0.3) is 0 Å². The Bertz CT molecular complexity index is 586. The van der Waals surface area contributed by atoms with Gasteiger partial charge in [-0.25, -0.2) is 8.78 Å². The van der Waals surface area contributed by atoms with Crippen LogP contribution in [0.5, 0.6) is 0 Å². The van der Waals surface area contributed by atoms with Crippen LogP contribution in [-0.2, 0) is 6.54 Å². The molecule has 1 unspecified atom stereocenters. The Balaban J connectivity index is 2.46. The highest BCUT2D eigenvalue weighted by molar-refractivity contribution is 9.10. The number of nitrogens with zero attached hydrogens (tertiary/aromatic N) is 2. The Labute approximate surface area is 118 Å². The summed E-state index contributed by atoms with van der Waals surface area (Å²) in [5.41, 5.74) is 0.324. The van der Waals surface area contributed by atoms with Crippen molar-refractivity contribution in [2.45, 2.75) is 26.0 Å². The van der Waals surface area contributed by atoms with Crippen LogP contribution in [0.2, 0.25) is 0 Å². The van der Waals surface area contributed by atoms with Gasteiger partial charge in [0.15, 0.2) is 0 Å². The number of hydrogen-bond acceptors (Lipinski definition) is 2. The van der Waals surface area contributed by atoms with E-state index in [-0.39, 0.29) is 5.56 Å². The molecule has 102 valence electrons. The van der Waals surface area contributed by atoms with Crippen molar-refractivity contribution < 1.29 is 13.9 Å². The summed E-state index contributed by atoms with van der Waals surface area (Å²) in [5.74, 6) is -1.24. The van der Waals surface area contributed by atoms with Crippen LogP contribution in [0.1, 0.15) is 30.7 Å². The highest BCUT2D eigenvalue weighted by Gasteiger charge is 2.22. The molecule has 2 aromatic rings. The molecule has 0 spiro atoms. The van der Waals surface area contributed by atoms with Crippen LogP contribution in [0.3, 0.4) is 0 Å². The normalized spacial score (nSPS) is 12.7. The van der Waals surface area contributed by atoms with E-state index in [1.807, 2.05) is 6.92 Å². The number of rotatable bonds is 4. The molecule has 0 aliphatic heterocycles. The monoisotopic (exact) mass is 330 g/mol. The number of benzene rings is 1. The Kier molecular flexibility index (Phi) is 4.31. The molecular formula is C13H13BrF2N2O. The van der Waals surface area contributed by atoms with Gasteiger partial charge in [0.05, 0.1) is 16.4 Å². The van der Waals surface area contributed by atoms with Crippen molar-refractivity contribution in [1.29, 1.82) is 0 Å². The zero-order valence-electron chi connectivity index (χ0n) is 10.3. The highest BCUT2D eigenvalue weighted by atomic mass is 79.9. The predicted molar refractivity (Wildman–Crippen MR) is 70.6 cm³/mol. The van der Waals surface area contributed by atoms with E-state index in [4.69, 9.17) is 0 Å². The number of aromatic nitrogens is 2. The fourth-order valence-corrected chi connectivity index (χ4v) is 2.42. The van der Waals surface area contributed by atoms with E-state index in [1.165, 1.54) is 6.20 Å². The molecule has 1 N–H and O–H groups in total. The minimum Gasteiger partial charge on any atom is -0.382 e. The lowest BCUT2D eigenvalue weighted by molar-refractivity contribution is 0.201. The number of aryl methyl sites for hydroxylation is 1. The lowest BCUT2D eigenvalue weighted by atomic mass is 10.1. The SMILES string of the molecule is CCCn1ncc(Br)c1C(O)c1cc(F)ccc1F. The molecule has 0 amide bonds. The Hall–Kier alpha value is -1.27. The van der Waals surface area contributed by atoms with E-state index >= 15 is 0 Å². The quantitative estimate of drug-likeness (QED) is 0.932. The molecule has 19 heavy (non-hydrogen) atoms. The summed E-state index contributed by atoms with van der Waals surface area (Å²) in [5, 5.41) is 14.4. The lowest BCUT2D eigenvalue weighted by Crippen LogP contribution is -2.12. The second kappa shape index (κ2) is 5.79. The average Bonchev–Trinajstić information content (AvgIpc) is 2.73. The molecule has 0 radical (unpaired) electrons. The van der Waals surface area contributed by atoms with Crippen LogP contribution >= 0.6 is 15.9 Å². The van der Waals surface area contributed by atoms with E-state index in [9.17, 15) is 13.9 Å². The number of hydrogen-bond donors (Lipinski definition) is 1. The van der Waals surface area contributed by atoms with E-state index in [0.29, 0.717) is 16.7 Å². The topological polar surface area (TPSA) is 38.0 Å². The molecule has 0 aliphatic rings. The van der Waals surface area contributed by atoms with E-state index in [2.05, 4.69) is 21.0 Å². The van der Waals surface area contributed by atoms with Crippen molar-refractivity contribution >= 4 is 15.9 Å². The highest BCUT2D eigenvalue weighted by Crippen LogP contribution is 2.30. The van der Waals surface area contributed by atoms with Crippen molar-refractivity contribution in [3.8, 4) is 0 Å². The van der Waals surface area contributed by atoms with E-state index < -0.39 is 17.7 Å². The standard InChI is InChI=1S/C13H13BrF2N2O/c1-2-5-18-12(10(14)7-17-18)13(19)9-6-8(15)3-4-11(9)16/h3-4,6-7,13,19H,2,5H2,1H3. The van der Waals surface area contributed by atoms with Crippen molar-refractivity contribution in [2.75, 3.05) is 0 Å².